The SMILES string of the molecule is C[C@@H](OC(=O)c1cc(Cl)cc(Cl)c1N)C(=O)Nc1ccc(C#N)cc1. The van der Waals surface area contributed by atoms with E-state index in [9.17, 15) is 9.59 Å². The van der Waals surface area contributed by atoms with Gasteiger partial charge in [0.05, 0.1) is 27.9 Å². The molecular weight excluding hydrogens is 365 g/mol. The summed E-state index contributed by atoms with van der Waals surface area (Å²) in [7, 11) is 0. The lowest BCUT2D eigenvalue weighted by Gasteiger charge is -2.15. The number of halogens is 2. The van der Waals surface area contributed by atoms with E-state index >= 15 is 0 Å². The lowest BCUT2D eigenvalue weighted by Crippen LogP contribution is -2.30. The van der Waals surface area contributed by atoms with Crippen molar-refractivity contribution in [3.05, 3.63) is 57.6 Å². The van der Waals surface area contributed by atoms with Gasteiger partial charge in [-0.3, -0.25) is 4.79 Å². The lowest BCUT2D eigenvalue weighted by atomic mass is 10.2. The Morgan fingerprint density at radius 3 is 2.48 bits per heavy atom. The largest absolute Gasteiger partial charge is 0.449 e. The number of esters is 1. The Bertz CT molecular complexity index is 861. The topological polar surface area (TPSA) is 105 Å². The summed E-state index contributed by atoms with van der Waals surface area (Å²) >= 11 is 11.7. The molecule has 0 aliphatic carbocycles. The Morgan fingerprint density at radius 2 is 1.88 bits per heavy atom. The van der Waals surface area contributed by atoms with Crippen molar-refractivity contribution in [3.8, 4) is 6.07 Å². The van der Waals surface area contributed by atoms with Gasteiger partial charge in [0.25, 0.3) is 5.91 Å². The molecular formula is C17H13Cl2N3O3. The fraction of sp³-hybridized carbons (Fsp3) is 0.118. The minimum absolute atomic E-state index is 0.0180. The van der Waals surface area contributed by atoms with E-state index in [-0.39, 0.29) is 21.3 Å². The van der Waals surface area contributed by atoms with Crippen molar-refractivity contribution in [1.82, 2.24) is 0 Å². The van der Waals surface area contributed by atoms with Crippen LogP contribution in [0, 0.1) is 11.3 Å². The van der Waals surface area contributed by atoms with Crippen LogP contribution >= 0.6 is 23.2 Å². The molecule has 8 heteroatoms. The molecule has 2 rings (SSSR count). The van der Waals surface area contributed by atoms with Crippen LogP contribution in [0.5, 0.6) is 0 Å². The average Bonchev–Trinajstić information content (AvgIpc) is 2.58. The van der Waals surface area contributed by atoms with Crippen LogP contribution in [0.1, 0.15) is 22.8 Å². The molecule has 0 aliphatic heterocycles. The zero-order chi connectivity index (χ0) is 18.6. The third-order valence-electron chi connectivity index (χ3n) is 3.25. The Labute approximate surface area is 154 Å². The summed E-state index contributed by atoms with van der Waals surface area (Å²) in [5.74, 6) is -1.35. The van der Waals surface area contributed by atoms with Crippen molar-refractivity contribution in [2.24, 2.45) is 0 Å². The van der Waals surface area contributed by atoms with Gasteiger partial charge in [-0.05, 0) is 43.3 Å². The smallest absolute Gasteiger partial charge is 0.341 e. The van der Waals surface area contributed by atoms with E-state index < -0.39 is 18.0 Å². The van der Waals surface area contributed by atoms with Crippen LogP contribution in [-0.2, 0) is 9.53 Å². The molecule has 0 aromatic heterocycles. The first-order valence-corrected chi connectivity index (χ1v) is 7.84. The molecule has 2 aromatic carbocycles. The number of ether oxygens (including phenoxy) is 1. The van der Waals surface area contributed by atoms with Crippen LogP contribution in [0.2, 0.25) is 10.0 Å². The molecule has 0 bridgehead atoms. The number of benzene rings is 2. The number of carbonyl (C=O) groups is 2. The minimum atomic E-state index is -1.08. The average molecular weight is 378 g/mol. The summed E-state index contributed by atoms with van der Waals surface area (Å²) in [6.07, 6.45) is -1.08. The van der Waals surface area contributed by atoms with Crippen LogP contribution < -0.4 is 11.1 Å². The number of rotatable bonds is 4. The number of amides is 1. The number of hydrogen-bond acceptors (Lipinski definition) is 5. The second kappa shape index (κ2) is 7.88. The van der Waals surface area contributed by atoms with E-state index in [4.69, 9.17) is 38.9 Å². The van der Waals surface area contributed by atoms with Gasteiger partial charge in [0.2, 0.25) is 0 Å². The van der Waals surface area contributed by atoms with Gasteiger partial charge in [-0.2, -0.15) is 5.26 Å². The van der Waals surface area contributed by atoms with Crippen molar-refractivity contribution < 1.29 is 14.3 Å². The second-order valence-corrected chi connectivity index (χ2v) is 5.92. The standard InChI is InChI=1S/C17H13Cl2N3O3/c1-9(16(23)22-12-4-2-10(8-20)3-5-12)25-17(24)13-6-11(18)7-14(19)15(13)21/h2-7,9H,21H2,1H3,(H,22,23)/t9-/m1/s1. The predicted molar refractivity (Wildman–Crippen MR) is 95.5 cm³/mol. The summed E-state index contributed by atoms with van der Waals surface area (Å²) in [5, 5.41) is 11.7. The zero-order valence-corrected chi connectivity index (χ0v) is 14.6. The highest BCUT2D eigenvalue weighted by Gasteiger charge is 2.22. The van der Waals surface area contributed by atoms with E-state index in [0.29, 0.717) is 11.3 Å². The molecule has 6 nitrogen and oxygen atoms in total. The normalized spacial score (nSPS) is 11.3. The van der Waals surface area contributed by atoms with E-state index in [1.807, 2.05) is 6.07 Å². The number of nitrogens with two attached hydrogens (primary N) is 1. The summed E-state index contributed by atoms with van der Waals surface area (Å²) in [6, 6.07) is 10.9. The van der Waals surface area contributed by atoms with Gasteiger partial charge in [0.15, 0.2) is 6.10 Å². The minimum Gasteiger partial charge on any atom is -0.449 e. The van der Waals surface area contributed by atoms with Gasteiger partial charge in [0.1, 0.15) is 0 Å². The van der Waals surface area contributed by atoms with Crippen LogP contribution in [-0.4, -0.2) is 18.0 Å². The molecule has 0 aliphatic rings. The first kappa shape index (κ1) is 18.6. The summed E-state index contributed by atoms with van der Waals surface area (Å²) < 4.78 is 5.11. The molecule has 0 radical (unpaired) electrons. The second-order valence-electron chi connectivity index (χ2n) is 5.07. The zero-order valence-electron chi connectivity index (χ0n) is 13.0. The van der Waals surface area contributed by atoms with Crippen molar-refractivity contribution in [2.45, 2.75) is 13.0 Å². The molecule has 0 fully saturated rings. The molecule has 128 valence electrons. The summed E-state index contributed by atoms with van der Waals surface area (Å²) in [6.45, 7) is 1.42. The number of nitriles is 1. The van der Waals surface area contributed by atoms with E-state index in [1.54, 1.807) is 24.3 Å². The third-order valence-corrected chi connectivity index (χ3v) is 3.78. The van der Waals surface area contributed by atoms with E-state index in [2.05, 4.69) is 5.32 Å². The fourth-order valence-electron chi connectivity index (χ4n) is 1.90. The highest BCUT2D eigenvalue weighted by Crippen LogP contribution is 2.28. The van der Waals surface area contributed by atoms with E-state index in [0.717, 1.165) is 0 Å². The van der Waals surface area contributed by atoms with Crippen LogP contribution in [0.15, 0.2) is 36.4 Å². The monoisotopic (exact) mass is 377 g/mol. The number of nitrogens with one attached hydrogen (secondary N) is 1. The molecule has 25 heavy (non-hydrogen) atoms. The first-order valence-electron chi connectivity index (χ1n) is 7.08. The third kappa shape index (κ3) is 4.63. The Kier molecular flexibility index (Phi) is 5.86. The van der Waals surface area contributed by atoms with Crippen molar-refractivity contribution >= 4 is 46.5 Å². The fourth-order valence-corrected chi connectivity index (χ4v) is 2.40. The van der Waals surface area contributed by atoms with Crippen LogP contribution in [0.3, 0.4) is 0 Å². The first-order chi connectivity index (χ1) is 11.8. The highest BCUT2D eigenvalue weighted by molar-refractivity contribution is 6.37. The molecule has 0 unspecified atom stereocenters. The quantitative estimate of drug-likeness (QED) is 0.624. The van der Waals surface area contributed by atoms with Gasteiger partial charge < -0.3 is 15.8 Å². The number of hydrogen-bond donors (Lipinski definition) is 2. The summed E-state index contributed by atoms with van der Waals surface area (Å²) in [5.41, 5.74) is 6.68. The van der Waals surface area contributed by atoms with Crippen molar-refractivity contribution in [2.75, 3.05) is 11.1 Å². The molecule has 0 heterocycles. The molecule has 0 spiro atoms. The summed E-state index contributed by atoms with van der Waals surface area (Å²) in [4.78, 5) is 24.3. The van der Waals surface area contributed by atoms with Crippen molar-refractivity contribution in [3.63, 3.8) is 0 Å². The van der Waals surface area contributed by atoms with Crippen molar-refractivity contribution in [1.29, 1.82) is 5.26 Å². The highest BCUT2D eigenvalue weighted by atomic mass is 35.5. The maximum absolute atomic E-state index is 12.2. The Hall–Kier alpha value is -2.75. The number of nitrogen functional groups attached to an aromatic ring is 1. The van der Waals surface area contributed by atoms with Crippen LogP contribution in [0.4, 0.5) is 11.4 Å². The molecule has 3 N–H and O–H groups in total. The molecule has 1 amide bonds. The van der Waals surface area contributed by atoms with Gasteiger partial charge in [-0.15, -0.1) is 0 Å². The van der Waals surface area contributed by atoms with Gasteiger partial charge in [-0.25, -0.2) is 4.79 Å². The van der Waals surface area contributed by atoms with E-state index in [1.165, 1.54) is 19.1 Å². The van der Waals surface area contributed by atoms with Crippen LogP contribution in [0.25, 0.3) is 0 Å². The van der Waals surface area contributed by atoms with Gasteiger partial charge in [-0.1, -0.05) is 23.2 Å². The maximum atomic E-state index is 12.2. The lowest BCUT2D eigenvalue weighted by molar-refractivity contribution is -0.123. The van der Waals surface area contributed by atoms with Gasteiger partial charge in [0, 0.05) is 10.7 Å². The maximum Gasteiger partial charge on any atom is 0.341 e. The Morgan fingerprint density at radius 1 is 1.24 bits per heavy atom. The molecule has 0 saturated carbocycles. The molecule has 0 saturated heterocycles. The number of anilines is 2. The Balaban J connectivity index is 2.05. The van der Waals surface area contributed by atoms with Gasteiger partial charge >= 0.3 is 5.97 Å². The molecule has 1 atom stereocenters. The molecule has 2 aromatic rings. The number of nitrogens with zero attached hydrogens (tertiary/aromatic N) is 1. The predicted octanol–water partition coefficient (Wildman–Crippen LogP) is 3.63. The number of carbonyl (C=O) groups excluding carboxylic acids is 2.